The Morgan fingerprint density at radius 1 is 0.909 bits per heavy atom. The van der Waals surface area contributed by atoms with Gasteiger partial charge in [0.1, 0.15) is 5.70 Å². The largest absolute Gasteiger partial charge is 0.493 e. The van der Waals surface area contributed by atoms with Gasteiger partial charge in [-0.3, -0.25) is 14.5 Å². The smallest absolute Gasteiger partial charge is 0.277 e. The molecule has 1 heterocycles. The SMILES string of the molecule is CCOCCCN1C(=O)C(c2ccc(OC)c(OC)c2)=C(N(CC)Cc2ccccc2)C1=O. The molecule has 0 saturated carbocycles. The maximum absolute atomic E-state index is 13.5. The molecule has 0 aromatic heterocycles. The van der Waals surface area contributed by atoms with Gasteiger partial charge in [-0.05, 0) is 43.5 Å². The highest BCUT2D eigenvalue weighted by molar-refractivity contribution is 6.35. The zero-order valence-electron chi connectivity index (χ0n) is 19.8. The van der Waals surface area contributed by atoms with E-state index < -0.39 is 0 Å². The summed E-state index contributed by atoms with van der Waals surface area (Å²) in [6.07, 6.45) is 0.586. The summed E-state index contributed by atoms with van der Waals surface area (Å²) in [5, 5.41) is 0. The Bertz CT molecular complexity index is 1000. The highest BCUT2D eigenvalue weighted by Gasteiger charge is 2.41. The van der Waals surface area contributed by atoms with Gasteiger partial charge in [0.05, 0.1) is 19.8 Å². The summed E-state index contributed by atoms with van der Waals surface area (Å²) in [4.78, 5) is 30.4. The fourth-order valence-corrected chi connectivity index (χ4v) is 3.93. The quantitative estimate of drug-likeness (QED) is 0.361. The van der Waals surface area contributed by atoms with Gasteiger partial charge < -0.3 is 19.1 Å². The molecular weight excluding hydrogens is 420 g/mol. The number of carbonyl (C=O) groups is 2. The minimum atomic E-state index is -0.301. The number of rotatable bonds is 12. The van der Waals surface area contributed by atoms with Crippen molar-refractivity contribution in [2.24, 2.45) is 0 Å². The van der Waals surface area contributed by atoms with E-state index in [1.54, 1.807) is 32.4 Å². The predicted molar refractivity (Wildman–Crippen MR) is 127 cm³/mol. The Hall–Kier alpha value is -3.32. The molecule has 0 atom stereocenters. The van der Waals surface area contributed by atoms with Crippen molar-refractivity contribution in [3.05, 3.63) is 65.4 Å². The lowest BCUT2D eigenvalue weighted by Crippen LogP contribution is -2.36. The van der Waals surface area contributed by atoms with Crippen LogP contribution in [0.15, 0.2) is 54.2 Å². The first-order chi connectivity index (χ1) is 16.0. The average molecular weight is 453 g/mol. The maximum Gasteiger partial charge on any atom is 0.277 e. The van der Waals surface area contributed by atoms with E-state index in [1.807, 2.05) is 49.1 Å². The number of ether oxygens (including phenoxy) is 3. The molecule has 7 nitrogen and oxygen atoms in total. The number of benzene rings is 2. The van der Waals surface area contributed by atoms with E-state index in [9.17, 15) is 9.59 Å². The van der Waals surface area contributed by atoms with Crippen molar-refractivity contribution in [3.63, 3.8) is 0 Å². The Morgan fingerprint density at radius 3 is 2.27 bits per heavy atom. The molecule has 7 heteroatoms. The second kappa shape index (κ2) is 11.5. The molecule has 0 unspecified atom stereocenters. The van der Waals surface area contributed by atoms with E-state index >= 15 is 0 Å². The minimum absolute atomic E-state index is 0.279. The summed E-state index contributed by atoms with van der Waals surface area (Å²) < 4.78 is 16.2. The van der Waals surface area contributed by atoms with Crippen molar-refractivity contribution in [2.45, 2.75) is 26.8 Å². The van der Waals surface area contributed by atoms with Crippen LogP contribution in [0.25, 0.3) is 5.57 Å². The van der Waals surface area contributed by atoms with Crippen LogP contribution in [0.4, 0.5) is 0 Å². The van der Waals surface area contributed by atoms with Crippen molar-refractivity contribution in [1.29, 1.82) is 0 Å². The van der Waals surface area contributed by atoms with Crippen molar-refractivity contribution >= 4 is 17.4 Å². The fourth-order valence-electron chi connectivity index (χ4n) is 3.93. The molecule has 3 rings (SSSR count). The van der Waals surface area contributed by atoms with Crippen LogP contribution in [0.5, 0.6) is 11.5 Å². The minimum Gasteiger partial charge on any atom is -0.493 e. The number of hydrogen-bond acceptors (Lipinski definition) is 6. The third-order valence-corrected chi connectivity index (χ3v) is 5.60. The second-order valence-electron chi connectivity index (χ2n) is 7.61. The van der Waals surface area contributed by atoms with Crippen LogP contribution >= 0.6 is 0 Å². The molecule has 2 aromatic carbocycles. The van der Waals surface area contributed by atoms with Gasteiger partial charge in [-0.15, -0.1) is 0 Å². The monoisotopic (exact) mass is 452 g/mol. The molecule has 0 N–H and O–H groups in total. The summed E-state index contributed by atoms with van der Waals surface area (Å²) in [6.45, 7) is 6.41. The topological polar surface area (TPSA) is 68.3 Å². The summed E-state index contributed by atoms with van der Waals surface area (Å²) in [7, 11) is 3.11. The Labute approximate surface area is 195 Å². The Morgan fingerprint density at radius 2 is 1.64 bits per heavy atom. The summed E-state index contributed by atoms with van der Waals surface area (Å²) in [5.41, 5.74) is 2.48. The van der Waals surface area contributed by atoms with E-state index in [-0.39, 0.29) is 11.8 Å². The van der Waals surface area contributed by atoms with Crippen molar-refractivity contribution < 1.29 is 23.8 Å². The van der Waals surface area contributed by atoms with E-state index in [2.05, 4.69) is 0 Å². The first kappa shape index (κ1) is 24.3. The third-order valence-electron chi connectivity index (χ3n) is 5.60. The average Bonchev–Trinajstić information content (AvgIpc) is 3.09. The number of likely N-dealkylation sites (N-methyl/N-ethyl adjacent to an activating group) is 1. The first-order valence-corrected chi connectivity index (χ1v) is 11.2. The second-order valence-corrected chi connectivity index (χ2v) is 7.61. The molecule has 2 aromatic rings. The van der Waals surface area contributed by atoms with Gasteiger partial charge in [0.2, 0.25) is 0 Å². The molecule has 1 aliphatic heterocycles. The van der Waals surface area contributed by atoms with Gasteiger partial charge in [0.25, 0.3) is 11.8 Å². The van der Waals surface area contributed by atoms with Gasteiger partial charge in [-0.25, -0.2) is 0 Å². The van der Waals surface area contributed by atoms with Crippen molar-refractivity contribution in [3.8, 4) is 11.5 Å². The molecular formula is C26H32N2O5. The maximum atomic E-state index is 13.5. The molecule has 1 aliphatic rings. The highest BCUT2D eigenvalue weighted by atomic mass is 16.5. The normalized spacial score (nSPS) is 13.6. The lowest BCUT2D eigenvalue weighted by Gasteiger charge is -2.25. The Kier molecular flexibility index (Phi) is 8.49. The predicted octanol–water partition coefficient (Wildman–Crippen LogP) is 3.73. The number of nitrogens with zero attached hydrogens (tertiary/aromatic N) is 2. The lowest BCUT2D eigenvalue weighted by molar-refractivity contribution is -0.137. The van der Waals surface area contributed by atoms with Gasteiger partial charge in [-0.1, -0.05) is 36.4 Å². The molecule has 0 fully saturated rings. The molecule has 0 spiro atoms. The standard InChI is InChI=1S/C26H32N2O5/c1-5-27(18-19-11-8-7-9-12-19)24-23(20-13-14-21(31-3)22(17-20)32-4)25(29)28(26(24)30)15-10-16-33-6-2/h7-9,11-14,17H,5-6,10,15-16,18H2,1-4H3. The van der Waals surface area contributed by atoms with Crippen LogP contribution in [0, 0.1) is 0 Å². The highest BCUT2D eigenvalue weighted by Crippen LogP contribution is 2.36. The van der Waals surface area contributed by atoms with Crippen LogP contribution < -0.4 is 9.47 Å². The molecule has 0 bridgehead atoms. The van der Waals surface area contributed by atoms with Gasteiger partial charge in [0.15, 0.2) is 11.5 Å². The summed E-state index contributed by atoms with van der Waals surface area (Å²) >= 11 is 0. The van der Waals surface area contributed by atoms with Crippen LogP contribution in [0.2, 0.25) is 0 Å². The zero-order valence-corrected chi connectivity index (χ0v) is 19.8. The van der Waals surface area contributed by atoms with Crippen molar-refractivity contribution in [2.75, 3.05) is 40.5 Å². The number of imide groups is 1. The third kappa shape index (κ3) is 5.37. The van der Waals surface area contributed by atoms with Crippen LogP contribution in [0.1, 0.15) is 31.4 Å². The van der Waals surface area contributed by atoms with Gasteiger partial charge in [-0.2, -0.15) is 0 Å². The molecule has 0 radical (unpaired) electrons. The lowest BCUT2D eigenvalue weighted by atomic mass is 10.0. The van der Waals surface area contributed by atoms with Gasteiger partial charge >= 0.3 is 0 Å². The molecule has 33 heavy (non-hydrogen) atoms. The fraction of sp³-hybridized carbons (Fsp3) is 0.385. The number of amides is 2. The number of hydrogen-bond donors (Lipinski definition) is 0. The molecule has 0 saturated heterocycles. The molecule has 2 amide bonds. The van der Waals surface area contributed by atoms with Crippen LogP contribution in [-0.4, -0.2) is 62.1 Å². The van der Waals surface area contributed by atoms with E-state index in [4.69, 9.17) is 14.2 Å². The van der Waals surface area contributed by atoms with Gasteiger partial charge in [0, 0.05) is 32.8 Å². The summed E-state index contributed by atoms with van der Waals surface area (Å²) in [6, 6.07) is 15.2. The van der Waals surface area contributed by atoms with E-state index in [1.165, 1.54) is 4.90 Å². The number of carbonyl (C=O) groups excluding carboxylic acids is 2. The van der Waals surface area contributed by atoms with Crippen LogP contribution in [-0.2, 0) is 20.9 Å². The van der Waals surface area contributed by atoms with E-state index in [0.29, 0.717) is 67.6 Å². The first-order valence-electron chi connectivity index (χ1n) is 11.2. The van der Waals surface area contributed by atoms with Crippen LogP contribution in [0.3, 0.4) is 0 Å². The molecule has 176 valence electrons. The molecule has 0 aliphatic carbocycles. The zero-order chi connectivity index (χ0) is 23.8. The summed E-state index contributed by atoms with van der Waals surface area (Å²) in [5.74, 6) is 0.484. The van der Waals surface area contributed by atoms with Crippen molar-refractivity contribution in [1.82, 2.24) is 9.80 Å². The van der Waals surface area contributed by atoms with E-state index in [0.717, 1.165) is 5.56 Å². The number of methoxy groups -OCH3 is 2. The Balaban J connectivity index is 2.03.